The van der Waals surface area contributed by atoms with Gasteiger partial charge >= 0.3 is 0 Å². The van der Waals surface area contributed by atoms with E-state index in [9.17, 15) is 4.79 Å². The number of aromatic nitrogens is 4. The predicted molar refractivity (Wildman–Crippen MR) is 96.1 cm³/mol. The van der Waals surface area contributed by atoms with E-state index in [1.54, 1.807) is 0 Å². The molecule has 1 unspecified atom stereocenters. The fourth-order valence-electron chi connectivity index (χ4n) is 3.86. The molecule has 0 saturated carbocycles. The standard InChI is InChI=1S/C19H23N5O/c1-13-19-17(23(2)22-13)12-20-24(19)11-10-18(25)21-16-9-5-7-14-6-3-4-8-15(14)16/h3-4,6,8,12,16H,5,7,9-11H2,1-2H3,(H,21,25). The quantitative estimate of drug-likeness (QED) is 0.796. The van der Waals surface area contributed by atoms with Gasteiger partial charge in [0.25, 0.3) is 0 Å². The van der Waals surface area contributed by atoms with Crippen molar-refractivity contribution >= 4 is 16.9 Å². The van der Waals surface area contributed by atoms with Gasteiger partial charge in [-0.15, -0.1) is 0 Å². The molecule has 1 amide bonds. The first-order valence-corrected chi connectivity index (χ1v) is 8.86. The van der Waals surface area contributed by atoms with Gasteiger partial charge in [-0.25, -0.2) is 0 Å². The van der Waals surface area contributed by atoms with Gasteiger partial charge in [0.2, 0.25) is 5.91 Å². The highest BCUT2D eigenvalue weighted by Gasteiger charge is 2.21. The van der Waals surface area contributed by atoms with Crippen LogP contribution in [0.4, 0.5) is 0 Å². The maximum Gasteiger partial charge on any atom is 0.222 e. The minimum Gasteiger partial charge on any atom is -0.349 e. The van der Waals surface area contributed by atoms with Crippen LogP contribution in [0.5, 0.6) is 0 Å². The van der Waals surface area contributed by atoms with Gasteiger partial charge < -0.3 is 5.32 Å². The molecule has 2 heterocycles. The highest BCUT2D eigenvalue weighted by atomic mass is 16.1. The van der Waals surface area contributed by atoms with Gasteiger partial charge in [-0.1, -0.05) is 24.3 Å². The van der Waals surface area contributed by atoms with Crippen molar-refractivity contribution in [1.82, 2.24) is 24.9 Å². The van der Waals surface area contributed by atoms with Crippen molar-refractivity contribution in [3.8, 4) is 0 Å². The number of nitrogens with zero attached hydrogens (tertiary/aromatic N) is 4. The number of carbonyl (C=O) groups excluding carboxylic acids is 1. The summed E-state index contributed by atoms with van der Waals surface area (Å²) in [5, 5.41) is 12.0. The first kappa shape index (κ1) is 15.9. The van der Waals surface area contributed by atoms with Crippen molar-refractivity contribution in [1.29, 1.82) is 0 Å². The molecule has 0 fully saturated rings. The van der Waals surface area contributed by atoms with Crippen LogP contribution in [0.15, 0.2) is 30.5 Å². The van der Waals surface area contributed by atoms with Crippen LogP contribution < -0.4 is 5.32 Å². The van der Waals surface area contributed by atoms with Gasteiger partial charge in [0.05, 0.1) is 24.5 Å². The Morgan fingerprint density at radius 2 is 2.20 bits per heavy atom. The minimum atomic E-state index is 0.0758. The van der Waals surface area contributed by atoms with Crippen LogP contribution in [0.3, 0.4) is 0 Å². The maximum absolute atomic E-state index is 12.5. The molecule has 0 bridgehead atoms. The predicted octanol–water partition coefficient (Wildman–Crippen LogP) is 2.66. The second-order valence-corrected chi connectivity index (χ2v) is 6.77. The molecule has 4 rings (SSSR count). The summed E-state index contributed by atoms with van der Waals surface area (Å²) in [6.45, 7) is 2.54. The molecule has 2 aromatic heterocycles. The van der Waals surface area contributed by atoms with E-state index in [1.807, 2.05) is 29.5 Å². The van der Waals surface area contributed by atoms with Crippen molar-refractivity contribution in [3.05, 3.63) is 47.3 Å². The Hall–Kier alpha value is -2.63. The second-order valence-electron chi connectivity index (χ2n) is 6.77. The van der Waals surface area contributed by atoms with Gasteiger partial charge in [0.15, 0.2) is 0 Å². The molecule has 1 aliphatic carbocycles. The van der Waals surface area contributed by atoms with Gasteiger partial charge in [-0.3, -0.25) is 14.2 Å². The third-order valence-electron chi connectivity index (χ3n) is 5.07. The molecule has 6 heteroatoms. The maximum atomic E-state index is 12.5. The lowest BCUT2D eigenvalue weighted by molar-refractivity contribution is -0.122. The van der Waals surface area contributed by atoms with Gasteiger partial charge in [0, 0.05) is 13.5 Å². The summed E-state index contributed by atoms with van der Waals surface area (Å²) < 4.78 is 3.71. The fourth-order valence-corrected chi connectivity index (χ4v) is 3.86. The molecular formula is C19H23N5O. The number of carbonyl (C=O) groups is 1. The Morgan fingerprint density at radius 3 is 3.08 bits per heavy atom. The molecule has 130 valence electrons. The Bertz CT molecular complexity index is 923. The summed E-state index contributed by atoms with van der Waals surface area (Å²) in [7, 11) is 1.91. The van der Waals surface area contributed by atoms with E-state index in [0.717, 1.165) is 36.0 Å². The van der Waals surface area contributed by atoms with E-state index in [0.29, 0.717) is 13.0 Å². The third-order valence-corrected chi connectivity index (χ3v) is 5.07. The van der Waals surface area contributed by atoms with Crippen LogP contribution in [0.25, 0.3) is 11.0 Å². The van der Waals surface area contributed by atoms with E-state index in [2.05, 4.69) is 39.8 Å². The van der Waals surface area contributed by atoms with Crippen LogP contribution >= 0.6 is 0 Å². The molecule has 1 aliphatic rings. The number of hydrogen-bond acceptors (Lipinski definition) is 3. The Morgan fingerprint density at radius 1 is 1.36 bits per heavy atom. The smallest absolute Gasteiger partial charge is 0.222 e. The molecule has 3 aromatic rings. The monoisotopic (exact) mass is 337 g/mol. The van der Waals surface area contributed by atoms with E-state index < -0.39 is 0 Å². The van der Waals surface area contributed by atoms with Crippen LogP contribution in [-0.4, -0.2) is 25.5 Å². The molecule has 0 radical (unpaired) electrons. The topological polar surface area (TPSA) is 64.7 Å². The Kier molecular flexibility index (Phi) is 4.03. The molecule has 0 saturated heterocycles. The van der Waals surface area contributed by atoms with Crippen molar-refractivity contribution in [3.63, 3.8) is 0 Å². The number of benzene rings is 1. The van der Waals surface area contributed by atoms with E-state index in [-0.39, 0.29) is 11.9 Å². The number of aryl methyl sites for hydroxylation is 4. The fraction of sp³-hybridized carbons (Fsp3) is 0.421. The number of fused-ring (bicyclic) bond motifs is 2. The second kappa shape index (κ2) is 6.35. The minimum absolute atomic E-state index is 0.0758. The van der Waals surface area contributed by atoms with Gasteiger partial charge in [0.1, 0.15) is 11.0 Å². The zero-order chi connectivity index (χ0) is 17.4. The molecular weight excluding hydrogens is 314 g/mol. The third kappa shape index (κ3) is 2.92. The lowest BCUT2D eigenvalue weighted by atomic mass is 9.88. The number of nitrogens with one attached hydrogen (secondary N) is 1. The van der Waals surface area contributed by atoms with E-state index in [4.69, 9.17) is 0 Å². The van der Waals surface area contributed by atoms with E-state index in [1.165, 1.54) is 11.1 Å². The average Bonchev–Trinajstić information content (AvgIpc) is 3.15. The lowest BCUT2D eigenvalue weighted by Gasteiger charge is -2.26. The highest BCUT2D eigenvalue weighted by Crippen LogP contribution is 2.29. The molecule has 25 heavy (non-hydrogen) atoms. The van der Waals surface area contributed by atoms with Crippen molar-refractivity contribution in [2.75, 3.05) is 0 Å². The Balaban J connectivity index is 1.43. The summed E-state index contributed by atoms with van der Waals surface area (Å²) in [6, 6.07) is 8.56. The largest absolute Gasteiger partial charge is 0.349 e. The summed E-state index contributed by atoms with van der Waals surface area (Å²) in [5.74, 6) is 0.0758. The SMILES string of the molecule is Cc1nn(C)c2cnn(CCC(=O)NC3CCCc4ccccc43)c12. The first-order chi connectivity index (χ1) is 12.1. The lowest BCUT2D eigenvalue weighted by Crippen LogP contribution is -2.31. The molecule has 1 aromatic carbocycles. The van der Waals surface area contributed by atoms with Crippen LogP contribution in [0, 0.1) is 6.92 Å². The van der Waals surface area contributed by atoms with Gasteiger partial charge in [-0.05, 0) is 37.3 Å². The number of amides is 1. The average molecular weight is 337 g/mol. The van der Waals surface area contributed by atoms with Crippen molar-refractivity contribution < 1.29 is 4.79 Å². The summed E-state index contributed by atoms with van der Waals surface area (Å²) in [5.41, 5.74) is 5.58. The number of hydrogen-bond donors (Lipinski definition) is 1. The Labute approximate surface area is 146 Å². The van der Waals surface area contributed by atoms with Gasteiger partial charge in [-0.2, -0.15) is 10.2 Å². The van der Waals surface area contributed by atoms with Crippen LogP contribution in [-0.2, 0) is 24.8 Å². The van der Waals surface area contributed by atoms with Crippen LogP contribution in [0.2, 0.25) is 0 Å². The summed E-state index contributed by atoms with van der Waals surface area (Å²) >= 11 is 0. The zero-order valence-corrected chi connectivity index (χ0v) is 14.7. The zero-order valence-electron chi connectivity index (χ0n) is 14.7. The molecule has 1 atom stereocenters. The van der Waals surface area contributed by atoms with Crippen molar-refractivity contribution in [2.24, 2.45) is 7.05 Å². The normalized spacial score (nSPS) is 16.8. The number of rotatable bonds is 4. The summed E-state index contributed by atoms with van der Waals surface area (Å²) in [4.78, 5) is 12.5. The molecule has 1 N–H and O–H groups in total. The first-order valence-electron chi connectivity index (χ1n) is 8.86. The van der Waals surface area contributed by atoms with E-state index >= 15 is 0 Å². The van der Waals surface area contributed by atoms with Crippen molar-refractivity contribution in [2.45, 2.75) is 45.2 Å². The molecule has 6 nitrogen and oxygen atoms in total. The van der Waals surface area contributed by atoms with Crippen LogP contribution in [0.1, 0.15) is 42.1 Å². The molecule has 0 spiro atoms. The highest BCUT2D eigenvalue weighted by molar-refractivity contribution is 5.79. The summed E-state index contributed by atoms with van der Waals surface area (Å²) in [6.07, 6.45) is 5.47. The molecule has 0 aliphatic heterocycles.